The predicted molar refractivity (Wildman–Crippen MR) is 108 cm³/mol. The van der Waals surface area contributed by atoms with Crippen molar-refractivity contribution in [3.8, 4) is 0 Å². The standard InChI is InChI=1S/C21H24N4O2/c22-18-11-10-16(24-19(26)12-14-6-4-5-7-14)13-17(18)20(23)21(27)25-15-8-2-1-3-9-15/h2,4-6,8-11,13,19,23-24,26H,1,3,7,12,22H2,(H,25,27). The lowest BCUT2D eigenvalue weighted by molar-refractivity contribution is -0.114. The number of anilines is 2. The van der Waals surface area contributed by atoms with E-state index in [2.05, 4.69) is 10.6 Å². The second-order valence-electron chi connectivity index (χ2n) is 6.59. The van der Waals surface area contributed by atoms with Crippen molar-refractivity contribution in [3.63, 3.8) is 0 Å². The van der Waals surface area contributed by atoms with Crippen molar-refractivity contribution in [1.29, 1.82) is 5.41 Å². The zero-order valence-corrected chi connectivity index (χ0v) is 15.0. The van der Waals surface area contributed by atoms with E-state index >= 15 is 0 Å². The van der Waals surface area contributed by atoms with Crippen molar-refractivity contribution in [2.75, 3.05) is 11.1 Å². The van der Waals surface area contributed by atoms with Crippen LogP contribution in [0.3, 0.4) is 0 Å². The molecule has 1 atom stereocenters. The molecule has 3 rings (SSSR count). The van der Waals surface area contributed by atoms with Crippen LogP contribution in [-0.4, -0.2) is 23.0 Å². The second kappa shape index (κ2) is 8.51. The van der Waals surface area contributed by atoms with Gasteiger partial charge in [0.15, 0.2) is 0 Å². The fourth-order valence-electron chi connectivity index (χ4n) is 3.02. The number of carbonyl (C=O) groups is 1. The van der Waals surface area contributed by atoms with Crippen LogP contribution in [0.4, 0.5) is 11.4 Å². The van der Waals surface area contributed by atoms with Crippen LogP contribution in [0.5, 0.6) is 0 Å². The average Bonchev–Trinajstić information content (AvgIpc) is 3.16. The fourth-order valence-corrected chi connectivity index (χ4v) is 3.02. The summed E-state index contributed by atoms with van der Waals surface area (Å²) in [6.07, 6.45) is 14.2. The summed E-state index contributed by atoms with van der Waals surface area (Å²) in [6, 6.07) is 4.97. The molecule has 6 heteroatoms. The van der Waals surface area contributed by atoms with Crippen LogP contribution in [0.1, 0.15) is 31.2 Å². The van der Waals surface area contributed by atoms with Gasteiger partial charge < -0.3 is 21.5 Å². The van der Waals surface area contributed by atoms with E-state index < -0.39 is 12.1 Å². The lowest BCUT2D eigenvalue weighted by atomic mass is 10.1. The van der Waals surface area contributed by atoms with E-state index in [1.807, 2.05) is 36.5 Å². The van der Waals surface area contributed by atoms with Crippen LogP contribution < -0.4 is 16.4 Å². The molecule has 1 amide bonds. The van der Waals surface area contributed by atoms with Gasteiger partial charge in [-0.2, -0.15) is 0 Å². The van der Waals surface area contributed by atoms with Crippen LogP contribution in [0.25, 0.3) is 0 Å². The summed E-state index contributed by atoms with van der Waals surface area (Å²) in [5.41, 5.74) is 8.86. The molecule has 0 saturated carbocycles. The number of aliphatic hydroxyl groups excluding tert-OH is 1. The molecular formula is C21H24N4O2. The zero-order chi connectivity index (χ0) is 19.2. The topological polar surface area (TPSA) is 111 Å². The molecule has 0 bridgehead atoms. The summed E-state index contributed by atoms with van der Waals surface area (Å²) in [5.74, 6) is -0.514. The van der Waals surface area contributed by atoms with Gasteiger partial charge in [0.2, 0.25) is 0 Å². The van der Waals surface area contributed by atoms with Crippen molar-refractivity contribution < 1.29 is 9.90 Å². The Morgan fingerprint density at radius 2 is 2.15 bits per heavy atom. The molecule has 6 nitrogen and oxygen atoms in total. The molecule has 1 unspecified atom stereocenters. The van der Waals surface area contributed by atoms with Crippen molar-refractivity contribution in [3.05, 3.63) is 71.5 Å². The van der Waals surface area contributed by atoms with Crippen LogP contribution in [0, 0.1) is 5.41 Å². The maximum atomic E-state index is 12.4. The number of nitrogens with one attached hydrogen (secondary N) is 3. The molecule has 6 N–H and O–H groups in total. The third-order valence-corrected chi connectivity index (χ3v) is 4.44. The quantitative estimate of drug-likeness (QED) is 0.291. The van der Waals surface area contributed by atoms with Gasteiger partial charge in [-0.15, -0.1) is 0 Å². The monoisotopic (exact) mass is 364 g/mol. The van der Waals surface area contributed by atoms with Gasteiger partial charge in [-0.1, -0.05) is 36.0 Å². The molecule has 1 aromatic carbocycles. The number of amides is 1. The van der Waals surface area contributed by atoms with E-state index in [0.717, 1.165) is 24.8 Å². The molecule has 0 radical (unpaired) electrons. The first-order valence-corrected chi connectivity index (χ1v) is 8.98. The molecular weight excluding hydrogens is 340 g/mol. The molecule has 27 heavy (non-hydrogen) atoms. The summed E-state index contributed by atoms with van der Waals surface area (Å²) in [5, 5.41) is 24.1. The van der Waals surface area contributed by atoms with E-state index in [4.69, 9.17) is 11.1 Å². The van der Waals surface area contributed by atoms with Gasteiger partial charge in [-0.3, -0.25) is 10.2 Å². The smallest absolute Gasteiger partial charge is 0.274 e. The summed E-state index contributed by atoms with van der Waals surface area (Å²) in [7, 11) is 0. The highest BCUT2D eigenvalue weighted by Gasteiger charge is 2.17. The number of carbonyl (C=O) groups excluding carboxylic acids is 1. The molecule has 0 fully saturated rings. The maximum Gasteiger partial charge on any atom is 0.274 e. The summed E-state index contributed by atoms with van der Waals surface area (Å²) >= 11 is 0. The first kappa shape index (κ1) is 18.7. The molecule has 140 valence electrons. The Balaban J connectivity index is 1.66. The molecule has 0 spiro atoms. The third-order valence-electron chi connectivity index (χ3n) is 4.44. The molecule has 0 saturated heterocycles. The third kappa shape index (κ3) is 4.95. The Kier molecular flexibility index (Phi) is 5.88. The minimum Gasteiger partial charge on any atom is -0.398 e. The van der Waals surface area contributed by atoms with Crippen molar-refractivity contribution in [2.24, 2.45) is 0 Å². The Labute approximate surface area is 158 Å². The van der Waals surface area contributed by atoms with E-state index in [9.17, 15) is 9.90 Å². The highest BCUT2D eigenvalue weighted by molar-refractivity contribution is 6.45. The van der Waals surface area contributed by atoms with Gasteiger partial charge in [0, 0.05) is 29.1 Å². The van der Waals surface area contributed by atoms with Crippen molar-refractivity contribution in [2.45, 2.75) is 31.9 Å². The summed E-state index contributed by atoms with van der Waals surface area (Å²) in [4.78, 5) is 12.4. The molecule has 1 aromatic rings. The second-order valence-corrected chi connectivity index (χ2v) is 6.59. The lowest BCUT2D eigenvalue weighted by Crippen LogP contribution is -2.31. The minimum absolute atomic E-state index is 0.215. The summed E-state index contributed by atoms with van der Waals surface area (Å²) < 4.78 is 0. The molecule has 0 heterocycles. The molecule has 0 aromatic heterocycles. The summed E-state index contributed by atoms with van der Waals surface area (Å²) in [6.45, 7) is 0. The SMILES string of the molecule is N=C(C(=O)NC1=CCCC=C1)c1cc(NC(O)CC2=CC=CC2)ccc1N. The first-order valence-electron chi connectivity index (χ1n) is 8.98. The Hall–Kier alpha value is -3.12. The number of nitrogen functional groups attached to an aromatic ring is 1. The molecule has 0 aliphatic heterocycles. The Morgan fingerprint density at radius 3 is 2.85 bits per heavy atom. The number of benzene rings is 1. The number of allylic oxidation sites excluding steroid dienone is 6. The normalized spacial score (nSPS) is 16.5. The van der Waals surface area contributed by atoms with E-state index in [1.54, 1.807) is 18.2 Å². The van der Waals surface area contributed by atoms with Gasteiger partial charge in [0.1, 0.15) is 11.9 Å². The van der Waals surface area contributed by atoms with Crippen molar-refractivity contribution >= 4 is 23.0 Å². The lowest BCUT2D eigenvalue weighted by Gasteiger charge is -2.17. The van der Waals surface area contributed by atoms with Crippen LogP contribution in [0.2, 0.25) is 0 Å². The Morgan fingerprint density at radius 1 is 1.30 bits per heavy atom. The van der Waals surface area contributed by atoms with Gasteiger partial charge in [0.25, 0.3) is 5.91 Å². The molecule has 2 aliphatic carbocycles. The number of aliphatic hydroxyl groups is 1. The largest absolute Gasteiger partial charge is 0.398 e. The van der Waals surface area contributed by atoms with E-state index in [1.165, 1.54) is 0 Å². The highest BCUT2D eigenvalue weighted by Crippen LogP contribution is 2.22. The number of hydrogen-bond acceptors (Lipinski definition) is 5. The number of hydrogen-bond donors (Lipinski definition) is 5. The van der Waals surface area contributed by atoms with E-state index in [0.29, 0.717) is 29.1 Å². The Bertz CT molecular complexity index is 865. The van der Waals surface area contributed by atoms with Gasteiger partial charge >= 0.3 is 0 Å². The van der Waals surface area contributed by atoms with Crippen molar-refractivity contribution in [1.82, 2.24) is 5.32 Å². The molecule has 2 aliphatic rings. The van der Waals surface area contributed by atoms with Crippen LogP contribution in [0.15, 0.2) is 65.9 Å². The van der Waals surface area contributed by atoms with Crippen LogP contribution in [-0.2, 0) is 4.79 Å². The highest BCUT2D eigenvalue weighted by atomic mass is 16.3. The van der Waals surface area contributed by atoms with E-state index in [-0.39, 0.29) is 5.71 Å². The first-order chi connectivity index (χ1) is 13.0. The van der Waals surface area contributed by atoms with Gasteiger partial charge in [-0.25, -0.2) is 0 Å². The van der Waals surface area contributed by atoms with Gasteiger partial charge in [0.05, 0.1) is 0 Å². The minimum atomic E-state index is -0.756. The predicted octanol–water partition coefficient (Wildman–Crippen LogP) is 2.99. The zero-order valence-electron chi connectivity index (χ0n) is 15.0. The average molecular weight is 364 g/mol. The number of rotatable bonds is 7. The maximum absolute atomic E-state index is 12.4. The van der Waals surface area contributed by atoms with Gasteiger partial charge in [-0.05, 0) is 43.5 Å². The number of nitrogens with two attached hydrogens (primary N) is 1. The fraction of sp³-hybridized carbons (Fsp3) is 0.238. The van der Waals surface area contributed by atoms with Crippen LogP contribution >= 0.6 is 0 Å².